The van der Waals surface area contributed by atoms with Gasteiger partial charge < -0.3 is 10.6 Å². The summed E-state index contributed by atoms with van der Waals surface area (Å²) in [6.07, 6.45) is 2.47. The first-order valence-electron chi connectivity index (χ1n) is 9.64. The summed E-state index contributed by atoms with van der Waals surface area (Å²) in [7, 11) is 0. The molecule has 28 heavy (non-hydrogen) atoms. The van der Waals surface area contributed by atoms with E-state index in [2.05, 4.69) is 10.6 Å². The molecular formula is C22H20Cl2N2O2. The van der Waals surface area contributed by atoms with Crippen molar-refractivity contribution < 1.29 is 9.59 Å². The summed E-state index contributed by atoms with van der Waals surface area (Å²) < 4.78 is 0. The van der Waals surface area contributed by atoms with Gasteiger partial charge in [0.25, 0.3) is 0 Å². The number of rotatable bonds is 2. The second kappa shape index (κ2) is 6.50. The highest BCUT2D eigenvalue weighted by molar-refractivity contribution is 6.31. The van der Waals surface area contributed by atoms with Crippen LogP contribution in [0.1, 0.15) is 36.3 Å². The van der Waals surface area contributed by atoms with Gasteiger partial charge in [0.15, 0.2) is 0 Å². The van der Waals surface area contributed by atoms with E-state index in [0.29, 0.717) is 28.9 Å². The van der Waals surface area contributed by atoms with Crippen LogP contribution in [0.2, 0.25) is 10.0 Å². The molecule has 1 aliphatic carbocycles. The van der Waals surface area contributed by atoms with Crippen LogP contribution in [-0.2, 0) is 15.0 Å². The molecule has 1 spiro atoms. The molecule has 2 aliphatic heterocycles. The van der Waals surface area contributed by atoms with Gasteiger partial charge in [0, 0.05) is 34.6 Å². The summed E-state index contributed by atoms with van der Waals surface area (Å²) >= 11 is 12.5. The minimum absolute atomic E-state index is 0.0102. The van der Waals surface area contributed by atoms with Crippen LogP contribution >= 0.6 is 23.2 Å². The lowest BCUT2D eigenvalue weighted by Crippen LogP contribution is -2.48. The maximum Gasteiger partial charge on any atom is 0.236 e. The molecule has 0 bridgehead atoms. The predicted octanol–water partition coefficient (Wildman–Crippen LogP) is 4.51. The summed E-state index contributed by atoms with van der Waals surface area (Å²) in [5, 5.41) is 7.33. The Morgan fingerprint density at radius 2 is 1.79 bits per heavy atom. The van der Waals surface area contributed by atoms with Gasteiger partial charge in [-0.2, -0.15) is 0 Å². The highest BCUT2D eigenvalue weighted by Gasteiger charge is 2.61. The SMILES string of the molecule is O=C1C[C@H](C2CC2)[C@@]2(C(=O)Nc3cc(Cl)ccc32)[C@H](c2cccc(Cl)c2)CN1. The Kier molecular flexibility index (Phi) is 4.18. The Labute approximate surface area is 173 Å². The summed E-state index contributed by atoms with van der Waals surface area (Å²) in [5.74, 6) is 0.0872. The Hall–Kier alpha value is -2.04. The largest absolute Gasteiger partial charge is 0.355 e. The number of carbonyl (C=O) groups is 2. The van der Waals surface area contributed by atoms with E-state index >= 15 is 0 Å². The van der Waals surface area contributed by atoms with Gasteiger partial charge in [-0.05, 0) is 60.1 Å². The van der Waals surface area contributed by atoms with E-state index in [0.717, 1.165) is 29.7 Å². The van der Waals surface area contributed by atoms with Gasteiger partial charge in [-0.1, -0.05) is 41.4 Å². The lowest BCUT2D eigenvalue weighted by Gasteiger charge is -2.40. The third-order valence-corrected chi connectivity index (χ3v) is 7.01. The van der Waals surface area contributed by atoms with Gasteiger partial charge in [0.05, 0.1) is 5.41 Å². The molecule has 144 valence electrons. The lowest BCUT2D eigenvalue weighted by atomic mass is 9.59. The molecule has 4 nitrogen and oxygen atoms in total. The molecule has 1 saturated heterocycles. The summed E-state index contributed by atoms with van der Waals surface area (Å²) in [4.78, 5) is 26.3. The van der Waals surface area contributed by atoms with E-state index in [-0.39, 0.29) is 23.7 Å². The van der Waals surface area contributed by atoms with Crippen molar-refractivity contribution in [3.63, 3.8) is 0 Å². The number of nitrogens with one attached hydrogen (secondary N) is 2. The monoisotopic (exact) mass is 414 g/mol. The van der Waals surface area contributed by atoms with Crippen molar-refractivity contribution >= 4 is 40.7 Å². The fourth-order valence-corrected chi connectivity index (χ4v) is 5.62. The number of hydrogen-bond acceptors (Lipinski definition) is 2. The first-order chi connectivity index (χ1) is 13.5. The Morgan fingerprint density at radius 3 is 2.54 bits per heavy atom. The van der Waals surface area contributed by atoms with Crippen molar-refractivity contribution in [2.75, 3.05) is 11.9 Å². The van der Waals surface area contributed by atoms with E-state index < -0.39 is 5.41 Å². The van der Waals surface area contributed by atoms with Crippen LogP contribution in [0.25, 0.3) is 0 Å². The number of fused-ring (bicyclic) bond motifs is 2. The number of benzene rings is 2. The van der Waals surface area contributed by atoms with E-state index in [1.54, 1.807) is 0 Å². The normalized spacial score (nSPS) is 29.2. The molecule has 1 saturated carbocycles. The van der Waals surface area contributed by atoms with Gasteiger partial charge in [0.2, 0.25) is 11.8 Å². The molecule has 2 amide bonds. The average molecular weight is 415 g/mol. The molecule has 3 atom stereocenters. The summed E-state index contributed by atoms with van der Waals surface area (Å²) in [6, 6.07) is 13.2. The highest BCUT2D eigenvalue weighted by Crippen LogP contribution is 2.59. The zero-order valence-corrected chi connectivity index (χ0v) is 16.7. The molecular weight excluding hydrogens is 395 g/mol. The fourth-order valence-electron chi connectivity index (χ4n) is 5.25. The smallest absolute Gasteiger partial charge is 0.236 e. The molecule has 0 aromatic heterocycles. The minimum Gasteiger partial charge on any atom is -0.355 e. The summed E-state index contributed by atoms with van der Waals surface area (Å²) in [6.45, 7) is 0.401. The van der Waals surface area contributed by atoms with E-state index in [9.17, 15) is 9.59 Å². The second-order valence-electron chi connectivity index (χ2n) is 8.07. The average Bonchev–Trinajstić information content (AvgIpc) is 3.45. The molecule has 2 aromatic carbocycles. The van der Waals surface area contributed by atoms with Gasteiger partial charge in [0.1, 0.15) is 0 Å². The van der Waals surface area contributed by atoms with Crippen molar-refractivity contribution in [2.45, 2.75) is 30.6 Å². The van der Waals surface area contributed by atoms with Crippen molar-refractivity contribution in [2.24, 2.45) is 11.8 Å². The van der Waals surface area contributed by atoms with Crippen LogP contribution in [0, 0.1) is 11.8 Å². The van der Waals surface area contributed by atoms with Crippen molar-refractivity contribution in [1.82, 2.24) is 5.32 Å². The molecule has 0 unspecified atom stereocenters. The number of amides is 2. The lowest BCUT2D eigenvalue weighted by molar-refractivity contribution is -0.125. The van der Waals surface area contributed by atoms with Crippen LogP contribution in [-0.4, -0.2) is 18.4 Å². The number of halogens is 2. The number of carbonyl (C=O) groups excluding carboxylic acids is 2. The zero-order valence-electron chi connectivity index (χ0n) is 15.2. The second-order valence-corrected chi connectivity index (χ2v) is 8.95. The maximum atomic E-state index is 13.7. The highest BCUT2D eigenvalue weighted by atomic mass is 35.5. The quantitative estimate of drug-likeness (QED) is 0.758. The Morgan fingerprint density at radius 1 is 1.00 bits per heavy atom. The molecule has 2 aromatic rings. The topological polar surface area (TPSA) is 58.2 Å². The van der Waals surface area contributed by atoms with E-state index in [1.807, 2.05) is 42.5 Å². The van der Waals surface area contributed by atoms with Crippen molar-refractivity contribution in [3.05, 3.63) is 63.6 Å². The van der Waals surface area contributed by atoms with Crippen molar-refractivity contribution in [3.8, 4) is 0 Å². The van der Waals surface area contributed by atoms with E-state index in [4.69, 9.17) is 23.2 Å². The molecule has 5 rings (SSSR count). The standard InChI is InChI=1S/C22H20Cl2N2O2/c23-14-3-1-2-13(8-14)18-11-25-20(27)10-17(12-4-5-12)22(18)16-7-6-15(24)9-19(16)26-21(22)28/h1-3,6-9,12,17-18H,4-5,10-11H2,(H,25,27)(H,26,28)/t17-,18+,22-/m1/s1. The van der Waals surface area contributed by atoms with Crippen LogP contribution in [0.5, 0.6) is 0 Å². The minimum atomic E-state index is -0.815. The fraction of sp³-hybridized carbons (Fsp3) is 0.364. The predicted molar refractivity (Wildman–Crippen MR) is 110 cm³/mol. The first kappa shape index (κ1) is 18.0. The van der Waals surface area contributed by atoms with Gasteiger partial charge in [-0.25, -0.2) is 0 Å². The first-order valence-corrected chi connectivity index (χ1v) is 10.4. The molecule has 3 aliphatic rings. The molecule has 2 fully saturated rings. The third kappa shape index (κ3) is 2.66. The molecule has 2 heterocycles. The number of anilines is 1. The van der Waals surface area contributed by atoms with Crippen LogP contribution < -0.4 is 10.6 Å². The Balaban J connectivity index is 1.78. The number of hydrogen-bond donors (Lipinski definition) is 2. The van der Waals surface area contributed by atoms with Crippen LogP contribution in [0.3, 0.4) is 0 Å². The molecule has 2 N–H and O–H groups in total. The van der Waals surface area contributed by atoms with Crippen LogP contribution in [0.15, 0.2) is 42.5 Å². The Bertz CT molecular complexity index is 988. The molecule has 6 heteroatoms. The van der Waals surface area contributed by atoms with Gasteiger partial charge in [-0.15, -0.1) is 0 Å². The van der Waals surface area contributed by atoms with Gasteiger partial charge in [-0.3, -0.25) is 9.59 Å². The van der Waals surface area contributed by atoms with Crippen LogP contribution in [0.4, 0.5) is 5.69 Å². The molecule has 0 radical (unpaired) electrons. The van der Waals surface area contributed by atoms with Gasteiger partial charge >= 0.3 is 0 Å². The van der Waals surface area contributed by atoms with E-state index in [1.165, 1.54) is 0 Å². The maximum absolute atomic E-state index is 13.7. The summed E-state index contributed by atoms with van der Waals surface area (Å²) in [5.41, 5.74) is 1.85. The third-order valence-electron chi connectivity index (χ3n) is 6.54. The zero-order chi connectivity index (χ0) is 19.5. The van der Waals surface area contributed by atoms with Crippen molar-refractivity contribution in [1.29, 1.82) is 0 Å².